The standard InChI is InChI=1S/C22H34Cl2N4O2S/c1-31(29,30)28-12-10-27(11-13-28)19-15-26(16-19)9-3-7-22(6-2-8-25-17-22)18-4-5-20(23)21(24)14-18/h4-5,14,19,25H,2-3,6-13,15-17H2,1H3/t22-/m1/s1. The van der Waals surface area contributed by atoms with Gasteiger partial charge in [0.15, 0.2) is 0 Å². The van der Waals surface area contributed by atoms with E-state index in [1.807, 2.05) is 6.07 Å². The molecule has 174 valence electrons. The number of rotatable bonds is 7. The monoisotopic (exact) mass is 488 g/mol. The molecule has 3 aliphatic rings. The Morgan fingerprint density at radius 3 is 2.48 bits per heavy atom. The fourth-order valence-electron chi connectivity index (χ4n) is 5.40. The molecule has 0 aromatic heterocycles. The van der Waals surface area contributed by atoms with Crippen LogP contribution < -0.4 is 5.32 Å². The van der Waals surface area contributed by atoms with Crippen molar-refractivity contribution in [2.24, 2.45) is 0 Å². The Kier molecular flexibility index (Phi) is 7.53. The van der Waals surface area contributed by atoms with Crippen molar-refractivity contribution in [2.45, 2.75) is 37.1 Å². The number of hydrogen-bond donors (Lipinski definition) is 1. The molecule has 3 saturated heterocycles. The molecular formula is C22H34Cl2N4O2S. The van der Waals surface area contributed by atoms with Crippen LogP contribution in [-0.4, -0.2) is 93.7 Å². The number of benzene rings is 1. The van der Waals surface area contributed by atoms with E-state index in [2.05, 4.69) is 27.2 Å². The van der Waals surface area contributed by atoms with Crippen molar-refractivity contribution in [1.82, 2.24) is 19.4 Å². The first-order valence-electron chi connectivity index (χ1n) is 11.3. The highest BCUT2D eigenvalue weighted by Crippen LogP contribution is 2.38. The van der Waals surface area contributed by atoms with Gasteiger partial charge in [0, 0.05) is 57.3 Å². The lowest BCUT2D eigenvalue weighted by atomic mass is 9.71. The molecule has 3 aliphatic heterocycles. The molecule has 0 amide bonds. The maximum atomic E-state index is 11.7. The molecule has 6 nitrogen and oxygen atoms in total. The highest BCUT2D eigenvalue weighted by Gasteiger charge is 2.37. The first-order chi connectivity index (χ1) is 14.8. The molecule has 0 saturated carbocycles. The van der Waals surface area contributed by atoms with Crippen LogP contribution in [0, 0.1) is 0 Å². The maximum Gasteiger partial charge on any atom is 0.211 e. The molecule has 0 bridgehead atoms. The summed E-state index contributed by atoms with van der Waals surface area (Å²) in [5, 5.41) is 4.86. The van der Waals surface area contributed by atoms with Crippen LogP contribution in [0.4, 0.5) is 0 Å². The van der Waals surface area contributed by atoms with Gasteiger partial charge in [-0.3, -0.25) is 4.90 Å². The van der Waals surface area contributed by atoms with E-state index in [0.717, 1.165) is 58.7 Å². The van der Waals surface area contributed by atoms with E-state index in [-0.39, 0.29) is 5.41 Å². The Bertz CT molecular complexity index is 862. The van der Waals surface area contributed by atoms with Gasteiger partial charge in [-0.25, -0.2) is 8.42 Å². The summed E-state index contributed by atoms with van der Waals surface area (Å²) in [4.78, 5) is 4.99. The predicted octanol–water partition coefficient (Wildman–Crippen LogP) is 2.66. The zero-order valence-corrected chi connectivity index (χ0v) is 20.7. The zero-order chi connectivity index (χ0) is 22.1. The van der Waals surface area contributed by atoms with E-state index >= 15 is 0 Å². The molecule has 1 atom stereocenters. The van der Waals surface area contributed by atoms with Crippen molar-refractivity contribution in [2.75, 3.05) is 65.2 Å². The fourth-order valence-corrected chi connectivity index (χ4v) is 6.52. The lowest BCUT2D eigenvalue weighted by Crippen LogP contribution is -2.63. The van der Waals surface area contributed by atoms with Crippen LogP contribution in [0.1, 0.15) is 31.2 Å². The van der Waals surface area contributed by atoms with E-state index in [1.54, 1.807) is 4.31 Å². The number of likely N-dealkylation sites (tertiary alicyclic amines) is 1. The summed E-state index contributed by atoms with van der Waals surface area (Å²) in [6.07, 6.45) is 5.99. The highest BCUT2D eigenvalue weighted by molar-refractivity contribution is 7.88. The minimum Gasteiger partial charge on any atom is -0.316 e. The number of hydrogen-bond acceptors (Lipinski definition) is 5. The molecule has 3 heterocycles. The number of piperazine rings is 1. The largest absolute Gasteiger partial charge is 0.316 e. The molecule has 3 fully saturated rings. The third kappa shape index (κ3) is 5.57. The number of nitrogens with zero attached hydrogens (tertiary/aromatic N) is 3. The molecule has 1 N–H and O–H groups in total. The molecule has 4 rings (SSSR count). The van der Waals surface area contributed by atoms with Crippen molar-refractivity contribution >= 4 is 33.2 Å². The molecule has 0 radical (unpaired) electrons. The fraction of sp³-hybridized carbons (Fsp3) is 0.727. The normalized spacial score (nSPS) is 27.3. The van der Waals surface area contributed by atoms with E-state index in [4.69, 9.17) is 23.2 Å². The second kappa shape index (κ2) is 9.84. The summed E-state index contributed by atoms with van der Waals surface area (Å²) in [6.45, 7) is 8.32. The third-order valence-corrected chi connectivity index (χ3v) is 9.37. The molecule has 9 heteroatoms. The van der Waals surface area contributed by atoms with Crippen molar-refractivity contribution in [3.63, 3.8) is 0 Å². The number of piperidine rings is 1. The Morgan fingerprint density at radius 2 is 1.87 bits per heavy atom. The van der Waals surface area contributed by atoms with Gasteiger partial charge in [0.1, 0.15) is 0 Å². The number of halogens is 2. The Balaban J connectivity index is 1.25. The van der Waals surface area contributed by atoms with Crippen LogP contribution in [0.15, 0.2) is 18.2 Å². The molecule has 1 aromatic rings. The summed E-state index contributed by atoms with van der Waals surface area (Å²) >= 11 is 12.5. The van der Waals surface area contributed by atoms with Gasteiger partial charge in [0.2, 0.25) is 10.0 Å². The van der Waals surface area contributed by atoms with Gasteiger partial charge in [-0.15, -0.1) is 0 Å². The quantitative estimate of drug-likeness (QED) is 0.639. The molecule has 0 unspecified atom stereocenters. The summed E-state index contributed by atoms with van der Waals surface area (Å²) < 4.78 is 25.0. The van der Waals surface area contributed by atoms with Gasteiger partial charge in [0.05, 0.1) is 16.3 Å². The minimum absolute atomic E-state index is 0.138. The molecular weight excluding hydrogens is 455 g/mol. The minimum atomic E-state index is -3.06. The predicted molar refractivity (Wildman–Crippen MR) is 128 cm³/mol. The van der Waals surface area contributed by atoms with Crippen molar-refractivity contribution in [1.29, 1.82) is 0 Å². The molecule has 0 aliphatic carbocycles. The summed E-state index contributed by atoms with van der Waals surface area (Å²) in [6, 6.07) is 6.71. The highest BCUT2D eigenvalue weighted by atomic mass is 35.5. The van der Waals surface area contributed by atoms with Crippen molar-refractivity contribution < 1.29 is 8.42 Å². The van der Waals surface area contributed by atoms with Crippen LogP contribution >= 0.6 is 23.2 Å². The molecule has 1 aromatic carbocycles. The van der Waals surface area contributed by atoms with Crippen LogP contribution in [0.25, 0.3) is 0 Å². The van der Waals surface area contributed by atoms with Crippen molar-refractivity contribution in [3.05, 3.63) is 33.8 Å². The average Bonchev–Trinajstić information content (AvgIpc) is 2.72. The molecule has 0 spiro atoms. The summed E-state index contributed by atoms with van der Waals surface area (Å²) in [7, 11) is -3.06. The lowest BCUT2D eigenvalue weighted by molar-refractivity contribution is 0.0155. The summed E-state index contributed by atoms with van der Waals surface area (Å²) in [5.41, 5.74) is 1.44. The van der Waals surface area contributed by atoms with Gasteiger partial charge in [-0.1, -0.05) is 29.3 Å². The zero-order valence-electron chi connectivity index (χ0n) is 18.3. The van der Waals surface area contributed by atoms with Gasteiger partial charge < -0.3 is 10.2 Å². The maximum absolute atomic E-state index is 11.7. The SMILES string of the molecule is CS(=O)(=O)N1CCN(C2CN(CCC[C@]3(c4ccc(Cl)c(Cl)c4)CCCNC3)C2)CC1. The smallest absolute Gasteiger partial charge is 0.211 e. The van der Waals surface area contributed by atoms with Crippen LogP contribution in [0.3, 0.4) is 0 Å². The summed E-state index contributed by atoms with van der Waals surface area (Å²) in [5.74, 6) is 0. The van der Waals surface area contributed by atoms with Crippen LogP contribution in [-0.2, 0) is 15.4 Å². The first kappa shape index (κ1) is 23.7. The van der Waals surface area contributed by atoms with Gasteiger partial charge in [0.25, 0.3) is 0 Å². The first-order valence-corrected chi connectivity index (χ1v) is 14.0. The molecule has 31 heavy (non-hydrogen) atoms. The Morgan fingerprint density at radius 1 is 1.13 bits per heavy atom. The van der Waals surface area contributed by atoms with E-state index in [9.17, 15) is 8.42 Å². The number of nitrogens with one attached hydrogen (secondary N) is 1. The second-order valence-electron chi connectivity index (χ2n) is 9.40. The van der Waals surface area contributed by atoms with Crippen LogP contribution in [0.2, 0.25) is 10.0 Å². The van der Waals surface area contributed by atoms with Gasteiger partial charge in [-0.05, 0) is 56.5 Å². The third-order valence-electron chi connectivity index (χ3n) is 7.33. The number of sulfonamides is 1. The Labute approximate surface area is 196 Å². The van der Waals surface area contributed by atoms with Crippen LogP contribution in [0.5, 0.6) is 0 Å². The topological polar surface area (TPSA) is 55.9 Å². The Hall–Kier alpha value is -0.410. The van der Waals surface area contributed by atoms with E-state index in [0.29, 0.717) is 29.2 Å². The van der Waals surface area contributed by atoms with E-state index < -0.39 is 10.0 Å². The second-order valence-corrected chi connectivity index (χ2v) is 12.2. The lowest BCUT2D eigenvalue weighted by Gasteiger charge is -2.48. The average molecular weight is 490 g/mol. The van der Waals surface area contributed by atoms with Gasteiger partial charge >= 0.3 is 0 Å². The van der Waals surface area contributed by atoms with Gasteiger partial charge in [-0.2, -0.15) is 4.31 Å². The van der Waals surface area contributed by atoms with E-state index in [1.165, 1.54) is 24.7 Å². The van der Waals surface area contributed by atoms with Crippen molar-refractivity contribution in [3.8, 4) is 0 Å².